The highest BCUT2D eigenvalue weighted by Crippen LogP contribution is 2.37. The summed E-state index contributed by atoms with van der Waals surface area (Å²) in [6, 6.07) is 30.6. The largest absolute Gasteiger partial charge is 0.455 e. The topological polar surface area (TPSA) is 38.9 Å². The van der Waals surface area contributed by atoms with Gasteiger partial charge >= 0.3 is 0 Å². The first kappa shape index (κ1) is 17.4. The molecule has 6 rings (SSSR count). The summed E-state index contributed by atoms with van der Waals surface area (Å²) in [7, 11) is 0. The maximum absolute atomic E-state index is 6.25. The summed E-state index contributed by atoms with van der Waals surface area (Å²) >= 11 is 3.56. The Labute approximate surface area is 181 Å². The molecule has 0 aliphatic rings. The smallest absolute Gasteiger partial charge is 0.164 e. The van der Waals surface area contributed by atoms with Crippen LogP contribution in [0.3, 0.4) is 0 Å². The zero-order valence-corrected chi connectivity index (χ0v) is 17.4. The predicted octanol–water partition coefficient (Wildman–Crippen LogP) is 7.63. The summed E-state index contributed by atoms with van der Waals surface area (Å²) in [5.74, 6) is 0.663. The number of rotatable bonds is 2. The first-order chi connectivity index (χ1) is 14.8. The minimum atomic E-state index is 0.663. The number of halogens is 1. The zero-order valence-electron chi connectivity index (χ0n) is 15.8. The molecule has 0 N–H and O–H groups in total. The van der Waals surface area contributed by atoms with Crippen molar-refractivity contribution < 1.29 is 4.42 Å². The minimum absolute atomic E-state index is 0.663. The van der Waals surface area contributed by atoms with Crippen molar-refractivity contribution in [1.29, 1.82) is 0 Å². The Hall–Kier alpha value is -3.50. The van der Waals surface area contributed by atoms with Crippen molar-refractivity contribution in [1.82, 2.24) is 9.97 Å². The van der Waals surface area contributed by atoms with Crippen LogP contribution in [0.25, 0.3) is 55.5 Å². The number of para-hydroxylation sites is 2. The van der Waals surface area contributed by atoms with Crippen LogP contribution in [0, 0.1) is 0 Å². The molecule has 0 radical (unpaired) electrons. The molecule has 6 aromatic rings. The van der Waals surface area contributed by atoms with E-state index in [4.69, 9.17) is 14.4 Å². The average Bonchev–Trinajstić information content (AvgIpc) is 3.17. The van der Waals surface area contributed by atoms with Gasteiger partial charge in [0.15, 0.2) is 5.82 Å². The van der Waals surface area contributed by atoms with Gasteiger partial charge < -0.3 is 4.42 Å². The summed E-state index contributed by atoms with van der Waals surface area (Å²) in [6.07, 6.45) is 0. The SMILES string of the molecule is Brc1ccc2oc3c(-c4nc(-c5ccccc5)c5ccccc5n4)cccc3c2c1. The van der Waals surface area contributed by atoms with Gasteiger partial charge in [-0.3, -0.25) is 0 Å². The van der Waals surface area contributed by atoms with Crippen LogP contribution in [0.5, 0.6) is 0 Å². The molecule has 142 valence electrons. The molecule has 0 saturated carbocycles. The van der Waals surface area contributed by atoms with Gasteiger partial charge in [0.05, 0.1) is 16.8 Å². The van der Waals surface area contributed by atoms with Crippen molar-refractivity contribution in [3.63, 3.8) is 0 Å². The molecule has 0 bridgehead atoms. The Morgan fingerprint density at radius 1 is 0.667 bits per heavy atom. The molecule has 0 saturated heterocycles. The van der Waals surface area contributed by atoms with Gasteiger partial charge in [-0.2, -0.15) is 0 Å². The molecule has 2 aromatic heterocycles. The molecule has 0 atom stereocenters. The van der Waals surface area contributed by atoms with Gasteiger partial charge in [-0.15, -0.1) is 0 Å². The molecule has 0 unspecified atom stereocenters. The maximum Gasteiger partial charge on any atom is 0.164 e. The minimum Gasteiger partial charge on any atom is -0.455 e. The molecular formula is C26H15BrN2O. The van der Waals surface area contributed by atoms with Gasteiger partial charge in [0.25, 0.3) is 0 Å². The second-order valence-electron chi connectivity index (χ2n) is 7.20. The standard InChI is InChI=1S/C26H15BrN2O/c27-17-13-14-23-21(15-17)18-10-6-11-20(25(18)30-23)26-28-22-12-5-4-9-19(22)24(29-26)16-7-2-1-3-8-16/h1-15H. The molecule has 0 aliphatic carbocycles. The maximum atomic E-state index is 6.25. The number of hydrogen-bond acceptors (Lipinski definition) is 3. The fourth-order valence-electron chi connectivity index (χ4n) is 3.96. The molecule has 2 heterocycles. The monoisotopic (exact) mass is 450 g/mol. The predicted molar refractivity (Wildman–Crippen MR) is 125 cm³/mol. The Morgan fingerprint density at radius 3 is 2.37 bits per heavy atom. The molecule has 0 fully saturated rings. The van der Waals surface area contributed by atoms with E-state index in [9.17, 15) is 0 Å². The van der Waals surface area contributed by atoms with E-state index >= 15 is 0 Å². The van der Waals surface area contributed by atoms with E-state index < -0.39 is 0 Å². The van der Waals surface area contributed by atoms with E-state index in [-0.39, 0.29) is 0 Å². The van der Waals surface area contributed by atoms with Crippen LogP contribution < -0.4 is 0 Å². The highest BCUT2D eigenvalue weighted by molar-refractivity contribution is 9.10. The van der Waals surface area contributed by atoms with Gasteiger partial charge in [0.2, 0.25) is 0 Å². The van der Waals surface area contributed by atoms with Gasteiger partial charge in [0, 0.05) is 26.2 Å². The summed E-state index contributed by atoms with van der Waals surface area (Å²) < 4.78 is 7.27. The molecule has 0 amide bonds. The van der Waals surface area contributed by atoms with Gasteiger partial charge in [0.1, 0.15) is 11.2 Å². The fraction of sp³-hybridized carbons (Fsp3) is 0. The normalized spacial score (nSPS) is 11.5. The first-order valence-electron chi connectivity index (χ1n) is 9.71. The van der Waals surface area contributed by atoms with Crippen LogP contribution in [0.2, 0.25) is 0 Å². The highest BCUT2D eigenvalue weighted by Gasteiger charge is 2.16. The molecule has 4 heteroatoms. The number of nitrogens with zero attached hydrogens (tertiary/aromatic N) is 2. The lowest BCUT2D eigenvalue weighted by atomic mass is 10.0. The van der Waals surface area contributed by atoms with Crippen LogP contribution in [-0.4, -0.2) is 9.97 Å². The van der Waals surface area contributed by atoms with E-state index in [1.165, 1.54) is 0 Å². The summed E-state index contributed by atoms with van der Waals surface area (Å²) in [5, 5.41) is 3.17. The third-order valence-electron chi connectivity index (χ3n) is 5.35. The van der Waals surface area contributed by atoms with Crippen LogP contribution in [0.4, 0.5) is 0 Å². The van der Waals surface area contributed by atoms with Crippen molar-refractivity contribution in [2.75, 3.05) is 0 Å². The second kappa shape index (κ2) is 6.78. The van der Waals surface area contributed by atoms with Crippen LogP contribution in [-0.2, 0) is 0 Å². The lowest BCUT2D eigenvalue weighted by Crippen LogP contribution is -1.95. The summed E-state index contributed by atoms with van der Waals surface area (Å²) in [5.41, 5.74) is 5.45. The van der Waals surface area contributed by atoms with Crippen molar-refractivity contribution >= 4 is 48.8 Å². The number of hydrogen-bond donors (Lipinski definition) is 0. The van der Waals surface area contributed by atoms with Crippen molar-refractivity contribution in [3.8, 4) is 22.6 Å². The lowest BCUT2D eigenvalue weighted by Gasteiger charge is -2.09. The Kier molecular flexibility index (Phi) is 3.93. The van der Waals surface area contributed by atoms with Crippen molar-refractivity contribution in [2.24, 2.45) is 0 Å². The zero-order chi connectivity index (χ0) is 20.1. The molecule has 3 nitrogen and oxygen atoms in total. The number of furan rings is 1. The quantitative estimate of drug-likeness (QED) is 0.272. The van der Waals surface area contributed by atoms with E-state index in [2.05, 4.69) is 46.3 Å². The Morgan fingerprint density at radius 2 is 1.47 bits per heavy atom. The third kappa shape index (κ3) is 2.72. The van der Waals surface area contributed by atoms with Gasteiger partial charge in [-0.05, 0) is 30.3 Å². The van der Waals surface area contributed by atoms with Crippen LogP contribution in [0.1, 0.15) is 0 Å². The lowest BCUT2D eigenvalue weighted by molar-refractivity contribution is 0.669. The van der Waals surface area contributed by atoms with E-state index in [0.717, 1.165) is 54.1 Å². The Bertz CT molecular complexity index is 1550. The van der Waals surface area contributed by atoms with Gasteiger partial charge in [-0.25, -0.2) is 9.97 Å². The van der Waals surface area contributed by atoms with E-state index in [1.807, 2.05) is 60.7 Å². The molecular weight excluding hydrogens is 436 g/mol. The van der Waals surface area contributed by atoms with Gasteiger partial charge in [-0.1, -0.05) is 76.6 Å². The third-order valence-corrected chi connectivity index (χ3v) is 5.84. The Balaban J connectivity index is 1.68. The number of benzene rings is 4. The summed E-state index contributed by atoms with van der Waals surface area (Å²) in [4.78, 5) is 9.89. The fourth-order valence-corrected chi connectivity index (χ4v) is 4.32. The number of aromatic nitrogens is 2. The van der Waals surface area contributed by atoms with Crippen LogP contribution in [0.15, 0.2) is 99.9 Å². The highest BCUT2D eigenvalue weighted by atomic mass is 79.9. The molecule has 4 aromatic carbocycles. The second-order valence-corrected chi connectivity index (χ2v) is 8.12. The van der Waals surface area contributed by atoms with Crippen molar-refractivity contribution in [3.05, 3.63) is 95.5 Å². The molecule has 0 spiro atoms. The molecule has 0 aliphatic heterocycles. The van der Waals surface area contributed by atoms with E-state index in [1.54, 1.807) is 0 Å². The van der Waals surface area contributed by atoms with Crippen LogP contribution >= 0.6 is 15.9 Å². The molecule has 30 heavy (non-hydrogen) atoms. The summed E-state index contributed by atoms with van der Waals surface area (Å²) in [6.45, 7) is 0. The van der Waals surface area contributed by atoms with Crippen molar-refractivity contribution in [2.45, 2.75) is 0 Å². The van der Waals surface area contributed by atoms with E-state index in [0.29, 0.717) is 5.82 Å². The average molecular weight is 451 g/mol. The number of fused-ring (bicyclic) bond motifs is 4. The first-order valence-corrected chi connectivity index (χ1v) is 10.5.